The van der Waals surface area contributed by atoms with Gasteiger partial charge in [0.15, 0.2) is 39.3 Å². The summed E-state index contributed by atoms with van der Waals surface area (Å²) in [7, 11) is -13.7. The standard InChI is InChI=1S/2C7H14O2S.C6H12O2S.C5H12O2S.C4H10O2S/c1-6(2)10(8,9)7(3)4-5-7;1-6(2)10(8,9)5-7-3-4-7;1-5(2)9(7,8)6-3-4-6;1-4-8(6,7)5(2)3;1-4(2)7(3,5)6/h6H,4-5H2,1-3H3;6-7H,3-5H2,1-2H3;5-6H,3-4H2,1-2H3;5H,4H2,1-3H3;4H,1-3H3. The molecule has 0 atom stereocenters. The lowest BCUT2D eigenvalue weighted by molar-refractivity contribution is 0.572. The molecule has 0 unspecified atom stereocenters. The highest BCUT2D eigenvalue weighted by atomic mass is 32.2. The first-order chi connectivity index (χ1) is 19.4. The fourth-order valence-electron chi connectivity index (χ4n) is 2.95. The largest absolute Gasteiger partial charge is 0.229 e. The molecule has 268 valence electrons. The van der Waals surface area contributed by atoms with Crippen molar-refractivity contribution in [2.45, 2.75) is 158 Å². The minimum Gasteiger partial charge on any atom is -0.229 e. The number of hydrogen-bond acceptors (Lipinski definition) is 10. The van der Waals surface area contributed by atoms with Gasteiger partial charge in [0, 0.05) is 12.0 Å². The van der Waals surface area contributed by atoms with Crippen LogP contribution < -0.4 is 0 Å². The zero-order valence-corrected chi connectivity index (χ0v) is 33.4. The molecule has 0 spiro atoms. The van der Waals surface area contributed by atoms with Gasteiger partial charge in [0.1, 0.15) is 9.84 Å². The monoisotopic (exact) mass is 730 g/mol. The van der Waals surface area contributed by atoms with Crippen LogP contribution in [0, 0.1) is 5.92 Å². The Hall–Kier alpha value is -0.250. The third-order valence-electron chi connectivity index (χ3n) is 7.77. The van der Waals surface area contributed by atoms with Crippen LogP contribution >= 0.6 is 0 Å². The van der Waals surface area contributed by atoms with Crippen molar-refractivity contribution in [3.8, 4) is 0 Å². The van der Waals surface area contributed by atoms with E-state index in [-0.39, 0.29) is 42.0 Å². The summed E-state index contributed by atoms with van der Waals surface area (Å²) in [6.45, 7) is 20.7. The summed E-state index contributed by atoms with van der Waals surface area (Å²) in [6, 6.07) is 0. The van der Waals surface area contributed by atoms with Crippen molar-refractivity contribution in [1.82, 2.24) is 0 Å². The molecule has 0 N–H and O–H groups in total. The van der Waals surface area contributed by atoms with Crippen LogP contribution in [0.2, 0.25) is 0 Å². The first kappa shape index (κ1) is 45.9. The lowest BCUT2D eigenvalue weighted by Gasteiger charge is -2.12. The van der Waals surface area contributed by atoms with Crippen molar-refractivity contribution in [2.24, 2.45) is 5.92 Å². The van der Waals surface area contributed by atoms with Gasteiger partial charge in [-0.25, -0.2) is 42.1 Å². The number of rotatable bonds is 10. The average molecular weight is 731 g/mol. The van der Waals surface area contributed by atoms with E-state index in [0.717, 1.165) is 38.5 Å². The lowest BCUT2D eigenvalue weighted by Crippen LogP contribution is -2.27. The smallest absolute Gasteiger partial charge is 0.158 e. The first-order valence-corrected chi connectivity index (χ1v) is 24.0. The Morgan fingerprint density at radius 3 is 1.05 bits per heavy atom. The fraction of sp³-hybridized carbons (Fsp3) is 1.00. The maximum absolute atomic E-state index is 11.4. The van der Waals surface area contributed by atoms with Crippen LogP contribution in [0.25, 0.3) is 0 Å². The van der Waals surface area contributed by atoms with Crippen molar-refractivity contribution in [2.75, 3.05) is 17.8 Å². The van der Waals surface area contributed by atoms with E-state index in [1.807, 2.05) is 6.92 Å². The molecular weight excluding hydrogens is 669 g/mol. The zero-order chi connectivity index (χ0) is 35.7. The maximum atomic E-state index is 11.4. The maximum Gasteiger partial charge on any atom is 0.158 e. The summed E-state index contributed by atoms with van der Waals surface area (Å²) in [5, 5.41) is -1.00. The van der Waals surface area contributed by atoms with E-state index < -0.39 is 49.2 Å². The third kappa shape index (κ3) is 17.1. The third-order valence-corrected chi connectivity index (χ3v) is 19.8. The molecule has 0 aromatic heterocycles. The molecule has 0 amide bonds. The summed E-state index contributed by atoms with van der Waals surface area (Å²) in [6.07, 6.45) is 6.96. The highest BCUT2D eigenvalue weighted by Gasteiger charge is 2.50. The van der Waals surface area contributed by atoms with Gasteiger partial charge in [-0.3, -0.25) is 0 Å². The Labute approximate surface area is 271 Å². The van der Waals surface area contributed by atoms with Crippen molar-refractivity contribution in [3.05, 3.63) is 0 Å². The van der Waals surface area contributed by atoms with Gasteiger partial charge in [-0.05, 0) is 121 Å². The van der Waals surface area contributed by atoms with Gasteiger partial charge in [0.25, 0.3) is 0 Å². The molecule has 0 aromatic rings. The summed E-state index contributed by atoms with van der Waals surface area (Å²) < 4.78 is 109. The molecule has 15 heteroatoms. The molecule has 3 saturated carbocycles. The topological polar surface area (TPSA) is 171 Å². The van der Waals surface area contributed by atoms with E-state index in [0.29, 0.717) is 11.7 Å². The second kappa shape index (κ2) is 17.8. The molecule has 3 aliphatic rings. The molecule has 44 heavy (non-hydrogen) atoms. The molecule has 0 bridgehead atoms. The van der Waals surface area contributed by atoms with Crippen molar-refractivity contribution < 1.29 is 42.1 Å². The van der Waals surface area contributed by atoms with Gasteiger partial charge in [0.05, 0.1) is 42.0 Å². The van der Waals surface area contributed by atoms with E-state index >= 15 is 0 Å². The summed E-state index contributed by atoms with van der Waals surface area (Å²) in [5.41, 5.74) is 0. The molecule has 0 aliphatic heterocycles. The molecule has 3 aliphatic carbocycles. The van der Waals surface area contributed by atoms with Crippen LogP contribution in [0.3, 0.4) is 0 Å². The predicted molar refractivity (Wildman–Crippen MR) is 185 cm³/mol. The normalized spacial score (nSPS) is 18.3. The molecule has 3 rings (SSSR count). The summed E-state index contributed by atoms with van der Waals surface area (Å²) >= 11 is 0. The minimum atomic E-state index is -2.80. The van der Waals surface area contributed by atoms with Crippen molar-refractivity contribution >= 4 is 49.2 Å². The molecule has 0 saturated heterocycles. The lowest BCUT2D eigenvalue weighted by atomic mass is 10.5. The van der Waals surface area contributed by atoms with Gasteiger partial charge in [-0.15, -0.1) is 0 Å². The van der Waals surface area contributed by atoms with E-state index in [4.69, 9.17) is 0 Å². The quantitative estimate of drug-likeness (QED) is 0.304. The van der Waals surface area contributed by atoms with Crippen LogP contribution in [0.15, 0.2) is 0 Å². The SMILES string of the molecule is CC(C)S(=O)(=O)C1(C)CC1.CC(C)S(=O)(=O)C1CC1.CC(C)S(=O)(=O)CC1CC1.CC(C)S(C)(=O)=O.CCS(=O)(=O)C(C)C. The first-order valence-electron chi connectivity index (χ1n) is 15.5. The molecular formula is C29H62O10S5. The average Bonchev–Trinajstić information content (AvgIpc) is 3.71. The minimum absolute atomic E-state index is 0.0116. The number of sulfone groups is 5. The van der Waals surface area contributed by atoms with Gasteiger partial charge in [0.2, 0.25) is 0 Å². The van der Waals surface area contributed by atoms with E-state index in [1.54, 1.807) is 76.2 Å². The van der Waals surface area contributed by atoms with Crippen LogP contribution in [0.5, 0.6) is 0 Å². The highest BCUT2D eigenvalue weighted by Crippen LogP contribution is 2.44. The molecule has 10 nitrogen and oxygen atoms in total. The fourth-order valence-corrected chi connectivity index (χ4v) is 8.36. The summed E-state index contributed by atoms with van der Waals surface area (Å²) in [4.78, 5) is 0. The van der Waals surface area contributed by atoms with Crippen LogP contribution in [0.4, 0.5) is 0 Å². The Kier molecular flexibility index (Phi) is 18.5. The van der Waals surface area contributed by atoms with Crippen LogP contribution in [0.1, 0.15) is 122 Å². The van der Waals surface area contributed by atoms with Gasteiger partial charge < -0.3 is 0 Å². The molecule has 0 aromatic carbocycles. The Bertz CT molecular complexity index is 1380. The Balaban J connectivity index is 0. The Morgan fingerprint density at radius 1 is 0.568 bits per heavy atom. The molecule has 0 heterocycles. The van der Waals surface area contributed by atoms with Gasteiger partial charge >= 0.3 is 0 Å². The second-order valence-corrected chi connectivity index (χ2v) is 27.4. The van der Waals surface area contributed by atoms with Crippen molar-refractivity contribution in [3.63, 3.8) is 0 Å². The van der Waals surface area contributed by atoms with Crippen LogP contribution in [-0.2, 0) is 49.2 Å². The van der Waals surface area contributed by atoms with E-state index in [2.05, 4.69) is 0 Å². The second-order valence-electron chi connectivity index (χ2n) is 13.6. The van der Waals surface area contributed by atoms with E-state index in [1.165, 1.54) is 6.26 Å². The van der Waals surface area contributed by atoms with Crippen LogP contribution in [-0.4, -0.2) is 96.1 Å². The number of hydrogen-bond donors (Lipinski definition) is 0. The van der Waals surface area contributed by atoms with Crippen molar-refractivity contribution in [1.29, 1.82) is 0 Å². The highest BCUT2D eigenvalue weighted by molar-refractivity contribution is 7.94. The Morgan fingerprint density at radius 2 is 0.932 bits per heavy atom. The van der Waals surface area contributed by atoms with E-state index in [9.17, 15) is 42.1 Å². The van der Waals surface area contributed by atoms with Gasteiger partial charge in [-0.1, -0.05) is 6.92 Å². The predicted octanol–water partition coefficient (Wildman–Crippen LogP) is 4.82. The molecule has 0 radical (unpaired) electrons. The zero-order valence-electron chi connectivity index (χ0n) is 29.3. The van der Waals surface area contributed by atoms with Gasteiger partial charge in [-0.2, -0.15) is 0 Å². The summed E-state index contributed by atoms with van der Waals surface area (Å²) in [5.74, 6) is 1.17. The molecule has 3 fully saturated rings.